The Kier molecular flexibility index (Phi) is 4.12. The van der Waals surface area contributed by atoms with E-state index < -0.39 is 0 Å². The molecule has 4 rings (SSSR count). The Hall–Kier alpha value is -2.49. The van der Waals surface area contributed by atoms with Crippen LogP contribution in [0.15, 0.2) is 42.5 Å². The van der Waals surface area contributed by atoms with Crippen molar-refractivity contribution in [2.24, 2.45) is 5.92 Å². The first-order chi connectivity index (χ1) is 12.2. The summed E-state index contributed by atoms with van der Waals surface area (Å²) in [7, 11) is 3.29. The van der Waals surface area contributed by atoms with Crippen LogP contribution in [0.25, 0.3) is 0 Å². The molecule has 25 heavy (non-hydrogen) atoms. The van der Waals surface area contributed by atoms with E-state index in [1.54, 1.807) is 14.2 Å². The topological polar surface area (TPSA) is 38.8 Å². The number of piperidine rings is 1. The van der Waals surface area contributed by atoms with Crippen LogP contribution in [0.1, 0.15) is 29.0 Å². The van der Waals surface area contributed by atoms with E-state index in [0.717, 1.165) is 30.7 Å². The predicted molar refractivity (Wildman–Crippen MR) is 96.0 cm³/mol. The minimum atomic E-state index is -0.0639. The van der Waals surface area contributed by atoms with E-state index in [4.69, 9.17) is 9.47 Å². The molecule has 130 valence electrons. The van der Waals surface area contributed by atoms with Crippen LogP contribution in [0.3, 0.4) is 0 Å². The van der Waals surface area contributed by atoms with Gasteiger partial charge in [0.15, 0.2) is 11.5 Å². The van der Waals surface area contributed by atoms with Crippen molar-refractivity contribution in [1.82, 2.24) is 4.90 Å². The molecule has 1 heterocycles. The second-order valence-corrected chi connectivity index (χ2v) is 6.97. The van der Waals surface area contributed by atoms with Crippen LogP contribution in [-0.4, -0.2) is 31.6 Å². The number of ether oxygens (including phenoxy) is 2. The molecule has 2 bridgehead atoms. The van der Waals surface area contributed by atoms with E-state index >= 15 is 0 Å². The molecule has 0 aromatic heterocycles. The van der Waals surface area contributed by atoms with Crippen LogP contribution >= 0.6 is 0 Å². The van der Waals surface area contributed by atoms with E-state index in [1.807, 2.05) is 35.2 Å². The first-order valence-electron chi connectivity index (χ1n) is 8.77. The van der Waals surface area contributed by atoms with Gasteiger partial charge in [-0.2, -0.15) is 0 Å². The lowest BCUT2D eigenvalue weighted by Crippen LogP contribution is -2.46. The summed E-state index contributed by atoms with van der Waals surface area (Å²) in [6.45, 7) is 1.52. The summed E-state index contributed by atoms with van der Waals surface area (Å²) < 4.78 is 10.9. The summed E-state index contributed by atoms with van der Waals surface area (Å²) in [5.41, 5.74) is 3.52. The van der Waals surface area contributed by atoms with E-state index in [-0.39, 0.29) is 11.8 Å². The van der Waals surface area contributed by atoms with Crippen LogP contribution in [0.5, 0.6) is 11.5 Å². The number of benzene rings is 2. The molecule has 0 saturated carbocycles. The Bertz CT molecular complexity index is 787. The third-order valence-electron chi connectivity index (χ3n) is 5.40. The lowest BCUT2D eigenvalue weighted by Gasteiger charge is -2.42. The van der Waals surface area contributed by atoms with Gasteiger partial charge in [-0.25, -0.2) is 0 Å². The third kappa shape index (κ3) is 2.86. The third-order valence-corrected chi connectivity index (χ3v) is 5.40. The van der Waals surface area contributed by atoms with Gasteiger partial charge in [0, 0.05) is 13.1 Å². The molecular weight excluding hydrogens is 314 g/mol. The fraction of sp³-hybridized carbons (Fsp3) is 0.381. The van der Waals surface area contributed by atoms with Crippen LogP contribution in [-0.2, 0) is 17.8 Å². The van der Waals surface area contributed by atoms with Crippen LogP contribution in [0.2, 0.25) is 0 Å². The van der Waals surface area contributed by atoms with E-state index in [0.29, 0.717) is 18.2 Å². The van der Waals surface area contributed by atoms with Crippen LogP contribution in [0, 0.1) is 5.92 Å². The number of carbonyl (C=O) groups is 1. The summed E-state index contributed by atoms with van der Waals surface area (Å²) in [5.74, 6) is 2.12. The number of methoxy groups -OCH3 is 2. The summed E-state index contributed by atoms with van der Waals surface area (Å²) in [6.07, 6.45) is 1.93. The summed E-state index contributed by atoms with van der Waals surface area (Å²) in [5, 5.41) is 0. The predicted octanol–water partition coefficient (Wildman–Crippen LogP) is 3.39. The molecule has 2 aromatic carbocycles. The highest BCUT2D eigenvalue weighted by Gasteiger charge is 2.40. The van der Waals surface area contributed by atoms with Crippen molar-refractivity contribution in [3.05, 3.63) is 59.2 Å². The molecule has 0 spiro atoms. The molecule has 1 fully saturated rings. The Morgan fingerprint density at radius 3 is 2.52 bits per heavy atom. The number of hydrogen-bond acceptors (Lipinski definition) is 3. The zero-order valence-corrected chi connectivity index (χ0v) is 14.7. The number of amides is 1. The molecule has 0 radical (unpaired) electrons. The number of nitrogens with zero attached hydrogens (tertiary/aromatic N) is 1. The maximum Gasteiger partial charge on any atom is 0.230 e. The van der Waals surface area contributed by atoms with Gasteiger partial charge in [-0.15, -0.1) is 0 Å². The highest BCUT2D eigenvalue weighted by Crippen LogP contribution is 2.44. The second kappa shape index (κ2) is 6.43. The Morgan fingerprint density at radius 2 is 1.80 bits per heavy atom. The van der Waals surface area contributed by atoms with Crippen LogP contribution in [0.4, 0.5) is 0 Å². The molecule has 2 aromatic rings. The standard InChI is InChI=1S/C21H23NO3/c1-24-19-10-16-8-15-9-18(17(16)11-20(19)25-2)21(23)22(13-15)12-14-6-4-3-5-7-14/h3-7,10-11,15,18H,8-9,12-13H2,1-2H3. The molecule has 2 atom stereocenters. The lowest BCUT2D eigenvalue weighted by molar-refractivity contribution is -0.138. The highest BCUT2D eigenvalue weighted by molar-refractivity contribution is 5.86. The van der Waals surface area contributed by atoms with Gasteiger partial charge in [0.1, 0.15) is 0 Å². The van der Waals surface area contributed by atoms with Gasteiger partial charge in [0.2, 0.25) is 5.91 Å². The molecule has 1 aliphatic carbocycles. The Morgan fingerprint density at radius 1 is 1.08 bits per heavy atom. The maximum atomic E-state index is 13.1. The zero-order chi connectivity index (χ0) is 17.4. The Balaban J connectivity index is 1.65. The second-order valence-electron chi connectivity index (χ2n) is 6.97. The smallest absolute Gasteiger partial charge is 0.230 e. The first kappa shape index (κ1) is 16.0. The molecule has 4 heteroatoms. The SMILES string of the molecule is COc1cc2c(cc1OC)C1CC(C2)CN(Cc2ccccc2)C1=O. The van der Waals surface area contributed by atoms with Gasteiger partial charge in [0.25, 0.3) is 0 Å². The van der Waals surface area contributed by atoms with Crippen molar-refractivity contribution in [3.8, 4) is 11.5 Å². The minimum absolute atomic E-state index is 0.0639. The molecule has 2 unspecified atom stereocenters. The van der Waals surface area contributed by atoms with Crippen molar-refractivity contribution in [2.75, 3.05) is 20.8 Å². The van der Waals surface area contributed by atoms with Gasteiger partial charge in [-0.05, 0) is 47.6 Å². The highest BCUT2D eigenvalue weighted by atomic mass is 16.5. The van der Waals surface area contributed by atoms with Gasteiger partial charge in [-0.3, -0.25) is 4.79 Å². The maximum absolute atomic E-state index is 13.1. The summed E-state index contributed by atoms with van der Waals surface area (Å²) in [4.78, 5) is 15.1. The normalized spacial score (nSPS) is 21.7. The lowest BCUT2D eigenvalue weighted by atomic mass is 9.73. The number of fused-ring (bicyclic) bond motifs is 4. The number of rotatable bonds is 4. The number of hydrogen-bond donors (Lipinski definition) is 0. The van der Waals surface area contributed by atoms with Crippen molar-refractivity contribution in [1.29, 1.82) is 0 Å². The van der Waals surface area contributed by atoms with Crippen molar-refractivity contribution in [2.45, 2.75) is 25.3 Å². The molecule has 0 N–H and O–H groups in total. The fourth-order valence-electron chi connectivity index (χ4n) is 4.23. The summed E-state index contributed by atoms with van der Waals surface area (Å²) in [6, 6.07) is 14.3. The fourth-order valence-corrected chi connectivity index (χ4v) is 4.23. The van der Waals surface area contributed by atoms with Gasteiger partial charge >= 0.3 is 0 Å². The largest absolute Gasteiger partial charge is 0.493 e. The van der Waals surface area contributed by atoms with E-state index in [9.17, 15) is 4.79 Å². The molecule has 2 aliphatic rings. The number of likely N-dealkylation sites (tertiary alicyclic amines) is 1. The average molecular weight is 337 g/mol. The number of carbonyl (C=O) groups excluding carboxylic acids is 1. The summed E-state index contributed by atoms with van der Waals surface area (Å²) >= 11 is 0. The van der Waals surface area contributed by atoms with Crippen molar-refractivity contribution < 1.29 is 14.3 Å². The molecular formula is C21H23NO3. The van der Waals surface area contributed by atoms with E-state index in [2.05, 4.69) is 12.1 Å². The van der Waals surface area contributed by atoms with Gasteiger partial charge in [-0.1, -0.05) is 30.3 Å². The van der Waals surface area contributed by atoms with Gasteiger partial charge in [0.05, 0.1) is 20.1 Å². The quantitative estimate of drug-likeness (QED) is 0.858. The molecule has 4 nitrogen and oxygen atoms in total. The van der Waals surface area contributed by atoms with Crippen LogP contribution < -0.4 is 9.47 Å². The molecule has 1 aliphatic heterocycles. The molecule has 1 saturated heterocycles. The van der Waals surface area contributed by atoms with Crippen molar-refractivity contribution >= 4 is 5.91 Å². The monoisotopic (exact) mass is 337 g/mol. The zero-order valence-electron chi connectivity index (χ0n) is 14.7. The van der Waals surface area contributed by atoms with Gasteiger partial charge < -0.3 is 14.4 Å². The minimum Gasteiger partial charge on any atom is -0.493 e. The van der Waals surface area contributed by atoms with Crippen molar-refractivity contribution in [3.63, 3.8) is 0 Å². The van der Waals surface area contributed by atoms with E-state index in [1.165, 1.54) is 11.1 Å². The molecule has 1 amide bonds. The first-order valence-corrected chi connectivity index (χ1v) is 8.77. The average Bonchev–Trinajstić information content (AvgIpc) is 2.65. The Labute approximate surface area is 148 Å².